The van der Waals surface area contributed by atoms with E-state index in [0.29, 0.717) is 0 Å². The number of aromatic nitrogens is 1. The first-order valence-electron chi connectivity index (χ1n) is 5.78. The highest BCUT2D eigenvalue weighted by Gasteiger charge is 2.19. The topological polar surface area (TPSA) is 39.2 Å². The first-order valence-corrected chi connectivity index (χ1v) is 5.78. The van der Waals surface area contributed by atoms with Crippen molar-refractivity contribution in [2.75, 3.05) is 7.11 Å². The summed E-state index contributed by atoms with van der Waals surface area (Å²) in [6.07, 6.45) is 3.99. The smallest absolute Gasteiger partial charge is 0.151 e. The Labute approximate surface area is 99.4 Å². The van der Waals surface area contributed by atoms with Crippen LogP contribution >= 0.6 is 0 Å². The third-order valence-electron chi connectivity index (χ3n) is 3.38. The van der Waals surface area contributed by atoms with Crippen molar-refractivity contribution in [2.45, 2.75) is 19.3 Å². The number of aryl methyl sites for hydroxylation is 1. The van der Waals surface area contributed by atoms with Gasteiger partial charge in [-0.3, -0.25) is 9.78 Å². The Bertz CT molecular complexity index is 605. The summed E-state index contributed by atoms with van der Waals surface area (Å²) in [7, 11) is 1.63. The third-order valence-corrected chi connectivity index (χ3v) is 3.38. The van der Waals surface area contributed by atoms with Gasteiger partial charge in [0.2, 0.25) is 0 Å². The number of carbonyl (C=O) groups is 1. The maximum atomic E-state index is 11.3. The molecule has 86 valence electrons. The van der Waals surface area contributed by atoms with Gasteiger partial charge in [0.25, 0.3) is 0 Å². The molecule has 0 amide bonds. The van der Waals surface area contributed by atoms with Gasteiger partial charge in [-0.25, -0.2) is 0 Å². The van der Waals surface area contributed by atoms with Gasteiger partial charge in [0.15, 0.2) is 6.29 Å². The summed E-state index contributed by atoms with van der Waals surface area (Å²) < 4.78 is 5.20. The quantitative estimate of drug-likeness (QED) is 0.740. The lowest BCUT2D eigenvalue weighted by molar-refractivity contribution is 0.112. The van der Waals surface area contributed by atoms with E-state index in [1.54, 1.807) is 7.11 Å². The zero-order chi connectivity index (χ0) is 11.8. The van der Waals surface area contributed by atoms with Gasteiger partial charge in [-0.1, -0.05) is 0 Å². The highest BCUT2D eigenvalue weighted by atomic mass is 16.5. The Morgan fingerprint density at radius 3 is 3.00 bits per heavy atom. The second kappa shape index (κ2) is 3.84. The Kier molecular flexibility index (Phi) is 2.32. The maximum Gasteiger partial charge on any atom is 0.151 e. The Morgan fingerprint density at radius 2 is 2.24 bits per heavy atom. The Morgan fingerprint density at radius 1 is 1.35 bits per heavy atom. The number of benzene rings is 1. The highest BCUT2D eigenvalue weighted by molar-refractivity contribution is 5.99. The number of hydrogen-bond donors (Lipinski definition) is 0. The van der Waals surface area contributed by atoms with Crippen LogP contribution in [-0.2, 0) is 12.8 Å². The molecule has 1 aromatic heterocycles. The molecule has 17 heavy (non-hydrogen) atoms. The van der Waals surface area contributed by atoms with Gasteiger partial charge < -0.3 is 4.74 Å². The van der Waals surface area contributed by atoms with Gasteiger partial charge in [0.1, 0.15) is 5.75 Å². The first kappa shape index (κ1) is 10.3. The van der Waals surface area contributed by atoms with Crippen molar-refractivity contribution in [3.05, 3.63) is 35.0 Å². The van der Waals surface area contributed by atoms with E-state index in [0.717, 1.165) is 59.0 Å². The number of ether oxygens (including phenoxy) is 1. The molecule has 0 unspecified atom stereocenters. The zero-order valence-corrected chi connectivity index (χ0v) is 9.69. The molecule has 0 fully saturated rings. The summed E-state index contributed by atoms with van der Waals surface area (Å²) in [5, 5.41) is 0.903. The van der Waals surface area contributed by atoms with E-state index in [2.05, 4.69) is 4.98 Å². The van der Waals surface area contributed by atoms with Crippen LogP contribution in [0.1, 0.15) is 28.0 Å². The van der Waals surface area contributed by atoms with E-state index in [9.17, 15) is 4.79 Å². The second-order valence-corrected chi connectivity index (χ2v) is 4.31. The Hall–Kier alpha value is -1.90. The van der Waals surface area contributed by atoms with Crippen molar-refractivity contribution >= 4 is 17.2 Å². The van der Waals surface area contributed by atoms with Crippen molar-refractivity contribution in [3.63, 3.8) is 0 Å². The lowest BCUT2D eigenvalue weighted by Crippen LogP contribution is -1.98. The van der Waals surface area contributed by atoms with Crippen LogP contribution in [0.4, 0.5) is 0 Å². The number of carbonyl (C=O) groups excluding carboxylic acids is 1. The minimum atomic E-state index is 0.764. The average molecular weight is 227 g/mol. The van der Waals surface area contributed by atoms with Crippen molar-refractivity contribution in [1.29, 1.82) is 0 Å². The van der Waals surface area contributed by atoms with Crippen LogP contribution in [0.3, 0.4) is 0 Å². The summed E-state index contributed by atoms with van der Waals surface area (Å²) in [6, 6.07) is 5.69. The summed E-state index contributed by atoms with van der Waals surface area (Å²) in [4.78, 5) is 15.9. The monoisotopic (exact) mass is 227 g/mol. The first-order chi connectivity index (χ1) is 8.33. The molecule has 1 aliphatic carbocycles. The fourth-order valence-corrected chi connectivity index (χ4v) is 2.54. The van der Waals surface area contributed by atoms with Gasteiger partial charge in [0.05, 0.1) is 12.6 Å². The lowest BCUT2D eigenvalue weighted by atomic mass is 10.0. The number of hydrogen-bond acceptors (Lipinski definition) is 3. The number of rotatable bonds is 2. The van der Waals surface area contributed by atoms with Crippen LogP contribution in [0, 0.1) is 0 Å². The van der Waals surface area contributed by atoms with Gasteiger partial charge >= 0.3 is 0 Å². The number of fused-ring (bicyclic) bond motifs is 2. The normalized spacial score (nSPS) is 13.7. The predicted molar refractivity (Wildman–Crippen MR) is 65.7 cm³/mol. The van der Waals surface area contributed by atoms with Crippen LogP contribution < -0.4 is 4.74 Å². The second-order valence-electron chi connectivity index (χ2n) is 4.31. The molecular formula is C14H13NO2. The SMILES string of the molecule is COc1ccc2nc3c(c(C=O)c2c1)CCC3. The number of pyridine rings is 1. The zero-order valence-electron chi connectivity index (χ0n) is 9.69. The summed E-state index contributed by atoms with van der Waals surface area (Å²) in [5.41, 5.74) is 3.89. The molecule has 3 rings (SSSR count). The van der Waals surface area contributed by atoms with Crippen molar-refractivity contribution < 1.29 is 9.53 Å². The molecular weight excluding hydrogens is 214 g/mol. The van der Waals surface area contributed by atoms with Crippen LogP contribution in [-0.4, -0.2) is 18.4 Å². The summed E-state index contributed by atoms with van der Waals surface area (Å²) in [5.74, 6) is 0.764. The van der Waals surface area contributed by atoms with E-state index >= 15 is 0 Å². The minimum absolute atomic E-state index is 0.764. The number of aldehydes is 1. The van der Waals surface area contributed by atoms with Crippen LogP contribution in [0.5, 0.6) is 5.75 Å². The maximum absolute atomic E-state index is 11.3. The fraction of sp³-hybridized carbons (Fsp3) is 0.286. The fourth-order valence-electron chi connectivity index (χ4n) is 2.54. The molecule has 1 aliphatic rings. The molecule has 3 nitrogen and oxygen atoms in total. The van der Waals surface area contributed by atoms with Crippen LogP contribution in [0.25, 0.3) is 10.9 Å². The van der Waals surface area contributed by atoms with E-state index in [-0.39, 0.29) is 0 Å². The molecule has 0 saturated carbocycles. The average Bonchev–Trinajstić information content (AvgIpc) is 2.82. The molecule has 1 aromatic carbocycles. The molecule has 0 N–H and O–H groups in total. The minimum Gasteiger partial charge on any atom is -0.497 e. The summed E-state index contributed by atoms with van der Waals surface area (Å²) in [6.45, 7) is 0. The largest absolute Gasteiger partial charge is 0.497 e. The van der Waals surface area contributed by atoms with Crippen molar-refractivity contribution in [3.8, 4) is 5.75 Å². The summed E-state index contributed by atoms with van der Waals surface area (Å²) >= 11 is 0. The predicted octanol–water partition coefficient (Wildman–Crippen LogP) is 2.54. The van der Waals surface area contributed by atoms with Crippen molar-refractivity contribution in [2.24, 2.45) is 0 Å². The van der Waals surface area contributed by atoms with E-state index < -0.39 is 0 Å². The number of methoxy groups -OCH3 is 1. The van der Waals surface area contributed by atoms with Gasteiger partial charge in [-0.2, -0.15) is 0 Å². The van der Waals surface area contributed by atoms with Gasteiger partial charge in [-0.15, -0.1) is 0 Å². The van der Waals surface area contributed by atoms with Gasteiger partial charge in [-0.05, 0) is 43.0 Å². The highest BCUT2D eigenvalue weighted by Crippen LogP contribution is 2.30. The molecule has 0 aliphatic heterocycles. The van der Waals surface area contributed by atoms with Crippen molar-refractivity contribution in [1.82, 2.24) is 4.98 Å². The molecule has 1 heterocycles. The van der Waals surface area contributed by atoms with Crippen LogP contribution in [0.15, 0.2) is 18.2 Å². The van der Waals surface area contributed by atoms with E-state index in [4.69, 9.17) is 4.74 Å². The molecule has 2 aromatic rings. The molecule has 0 bridgehead atoms. The van der Waals surface area contributed by atoms with Gasteiger partial charge in [0, 0.05) is 16.6 Å². The number of nitrogens with zero attached hydrogens (tertiary/aromatic N) is 1. The molecule has 3 heteroatoms. The Balaban J connectivity index is 2.37. The van der Waals surface area contributed by atoms with Crippen LogP contribution in [0.2, 0.25) is 0 Å². The standard InChI is InChI=1S/C14H13NO2/c1-17-9-5-6-14-11(7-9)12(8-16)10-3-2-4-13(10)15-14/h5-8H,2-4H2,1H3. The molecule has 0 spiro atoms. The van der Waals surface area contributed by atoms with E-state index in [1.807, 2.05) is 18.2 Å². The molecule has 0 atom stereocenters. The molecule has 0 saturated heterocycles. The van der Waals surface area contributed by atoms with E-state index in [1.165, 1.54) is 0 Å². The third kappa shape index (κ3) is 1.50. The molecule has 0 radical (unpaired) electrons. The lowest BCUT2D eigenvalue weighted by Gasteiger charge is -2.08.